The van der Waals surface area contributed by atoms with Crippen molar-refractivity contribution in [3.05, 3.63) is 53.5 Å². The van der Waals surface area contributed by atoms with E-state index in [1.54, 1.807) is 25.5 Å². The van der Waals surface area contributed by atoms with Crippen LogP contribution in [0.25, 0.3) is 0 Å². The third-order valence-corrected chi connectivity index (χ3v) is 2.64. The Morgan fingerprint density at radius 2 is 2.11 bits per heavy atom. The topological polar surface area (TPSA) is 67.2 Å². The number of amides is 1. The summed E-state index contributed by atoms with van der Waals surface area (Å²) in [6, 6.07) is 7.49. The number of aryl methyl sites for hydroxylation is 1. The van der Waals surface area contributed by atoms with Crippen molar-refractivity contribution in [1.82, 2.24) is 9.97 Å². The average molecular weight is 254 g/mol. The third-order valence-electron chi connectivity index (χ3n) is 2.64. The molecule has 2 rings (SSSR count). The molecule has 96 valence electrons. The highest BCUT2D eigenvalue weighted by molar-refractivity contribution is 6.12. The summed E-state index contributed by atoms with van der Waals surface area (Å²) in [4.78, 5) is 22.9. The molecule has 2 aromatic rings. The van der Waals surface area contributed by atoms with Gasteiger partial charge in [0.25, 0.3) is 0 Å². The zero-order valence-corrected chi connectivity index (χ0v) is 10.8. The number of pyridine rings is 2. The van der Waals surface area contributed by atoms with Crippen LogP contribution in [0.4, 0.5) is 5.82 Å². The van der Waals surface area contributed by atoms with Crippen LogP contribution < -0.4 is 5.32 Å². The fourth-order valence-electron chi connectivity index (χ4n) is 1.80. The van der Waals surface area contributed by atoms with Gasteiger partial charge in [0.1, 0.15) is 5.82 Å². The molecule has 0 aliphatic rings. The van der Waals surface area contributed by atoms with Gasteiger partial charge in [-0.25, -0.2) is 4.98 Å². The molecule has 1 N–H and O–H groups in total. The molecule has 5 heteroatoms. The maximum atomic E-state index is 10.3. The molecule has 0 unspecified atom stereocenters. The molecule has 2 aromatic heterocycles. The fourth-order valence-corrected chi connectivity index (χ4v) is 1.80. The number of aromatic nitrogens is 2. The molecule has 5 nitrogen and oxygen atoms in total. The molecular formula is C14H14N4O. The highest BCUT2D eigenvalue weighted by Crippen LogP contribution is 2.12. The van der Waals surface area contributed by atoms with E-state index in [2.05, 4.69) is 20.3 Å². The van der Waals surface area contributed by atoms with Crippen LogP contribution in [0.3, 0.4) is 0 Å². The highest BCUT2D eigenvalue weighted by atomic mass is 16.1. The lowest BCUT2D eigenvalue weighted by Gasteiger charge is -2.07. The number of anilines is 1. The Morgan fingerprint density at radius 1 is 1.26 bits per heavy atom. The van der Waals surface area contributed by atoms with Gasteiger partial charge in [0, 0.05) is 36.3 Å². The van der Waals surface area contributed by atoms with Gasteiger partial charge in [0.2, 0.25) is 6.41 Å². The normalized spacial score (nSPS) is 11.2. The van der Waals surface area contributed by atoms with E-state index in [4.69, 9.17) is 0 Å². The Hall–Kier alpha value is -2.56. The lowest BCUT2D eigenvalue weighted by molar-refractivity contribution is -0.105. The van der Waals surface area contributed by atoms with Crippen LogP contribution in [0, 0.1) is 6.92 Å². The SMILES string of the molecule is CN=C(c1ccc(NC=O)nc1)c1ccnc(C)c1. The van der Waals surface area contributed by atoms with E-state index in [0.29, 0.717) is 12.2 Å². The van der Waals surface area contributed by atoms with Crippen molar-refractivity contribution in [3.63, 3.8) is 0 Å². The van der Waals surface area contributed by atoms with E-state index in [1.807, 2.05) is 25.1 Å². The van der Waals surface area contributed by atoms with Crippen LogP contribution in [-0.4, -0.2) is 29.1 Å². The summed E-state index contributed by atoms with van der Waals surface area (Å²) in [5.74, 6) is 0.514. The van der Waals surface area contributed by atoms with Crippen molar-refractivity contribution in [1.29, 1.82) is 0 Å². The minimum absolute atomic E-state index is 0.514. The first kappa shape index (κ1) is 12.9. The smallest absolute Gasteiger partial charge is 0.212 e. The fraction of sp³-hybridized carbons (Fsp3) is 0.143. The molecule has 0 aliphatic heterocycles. The van der Waals surface area contributed by atoms with Crippen molar-refractivity contribution in [3.8, 4) is 0 Å². The standard InChI is InChI=1S/C14H14N4O/c1-10-7-11(5-6-16-10)14(15-2)12-3-4-13(17-8-12)18-9-19/h3-9H,1-2H3,(H,17,18,19). The molecule has 0 atom stereocenters. The van der Waals surface area contributed by atoms with Gasteiger partial charge in [-0.1, -0.05) is 0 Å². The van der Waals surface area contributed by atoms with E-state index >= 15 is 0 Å². The zero-order valence-electron chi connectivity index (χ0n) is 10.8. The minimum Gasteiger partial charge on any atom is -0.313 e. The number of nitrogens with zero attached hydrogens (tertiary/aromatic N) is 3. The number of nitrogens with one attached hydrogen (secondary N) is 1. The molecule has 0 saturated heterocycles. The van der Waals surface area contributed by atoms with Gasteiger partial charge in [-0.15, -0.1) is 0 Å². The van der Waals surface area contributed by atoms with Crippen molar-refractivity contribution >= 4 is 17.9 Å². The summed E-state index contributed by atoms with van der Waals surface area (Å²) in [6.07, 6.45) is 4.04. The van der Waals surface area contributed by atoms with E-state index < -0.39 is 0 Å². The van der Waals surface area contributed by atoms with Gasteiger partial charge < -0.3 is 5.32 Å². The van der Waals surface area contributed by atoms with Gasteiger partial charge in [0.05, 0.1) is 5.71 Å². The lowest BCUT2D eigenvalue weighted by Crippen LogP contribution is -2.05. The van der Waals surface area contributed by atoms with Crippen molar-refractivity contribution in [2.75, 3.05) is 12.4 Å². The highest BCUT2D eigenvalue weighted by Gasteiger charge is 2.07. The van der Waals surface area contributed by atoms with Gasteiger partial charge in [-0.05, 0) is 31.2 Å². The molecule has 0 aromatic carbocycles. The maximum absolute atomic E-state index is 10.3. The largest absolute Gasteiger partial charge is 0.313 e. The predicted octanol–water partition coefficient (Wildman–Crippen LogP) is 1.82. The van der Waals surface area contributed by atoms with Crippen LogP contribution in [0.5, 0.6) is 0 Å². The Labute approximate surface area is 111 Å². The molecule has 0 saturated carbocycles. The monoisotopic (exact) mass is 254 g/mol. The maximum Gasteiger partial charge on any atom is 0.212 e. The van der Waals surface area contributed by atoms with Crippen LogP contribution in [0.15, 0.2) is 41.7 Å². The molecule has 2 heterocycles. The van der Waals surface area contributed by atoms with E-state index in [9.17, 15) is 4.79 Å². The van der Waals surface area contributed by atoms with Crippen LogP contribution in [0.1, 0.15) is 16.8 Å². The second-order valence-electron chi connectivity index (χ2n) is 3.95. The molecule has 19 heavy (non-hydrogen) atoms. The summed E-state index contributed by atoms with van der Waals surface area (Å²) in [5.41, 5.74) is 3.67. The van der Waals surface area contributed by atoms with Gasteiger partial charge in [-0.3, -0.25) is 14.8 Å². The van der Waals surface area contributed by atoms with Crippen molar-refractivity contribution < 1.29 is 4.79 Å². The second kappa shape index (κ2) is 5.86. The quantitative estimate of drug-likeness (QED) is 0.668. The summed E-state index contributed by atoms with van der Waals surface area (Å²) < 4.78 is 0. The number of carbonyl (C=O) groups excluding carboxylic acids is 1. The first-order chi connectivity index (χ1) is 9.24. The van der Waals surface area contributed by atoms with Gasteiger partial charge in [-0.2, -0.15) is 0 Å². The third kappa shape index (κ3) is 3.01. The first-order valence-electron chi connectivity index (χ1n) is 5.81. The first-order valence-corrected chi connectivity index (χ1v) is 5.81. The number of hydrogen-bond acceptors (Lipinski definition) is 4. The number of hydrogen-bond donors (Lipinski definition) is 1. The average Bonchev–Trinajstić information content (AvgIpc) is 2.42. The lowest BCUT2D eigenvalue weighted by atomic mass is 10.0. The van der Waals surface area contributed by atoms with Crippen molar-refractivity contribution in [2.24, 2.45) is 4.99 Å². The zero-order chi connectivity index (χ0) is 13.7. The minimum atomic E-state index is 0.514. The van der Waals surface area contributed by atoms with Crippen LogP contribution in [-0.2, 0) is 4.79 Å². The van der Waals surface area contributed by atoms with E-state index in [1.165, 1.54) is 0 Å². The number of carbonyl (C=O) groups is 1. The summed E-state index contributed by atoms with van der Waals surface area (Å²) in [7, 11) is 1.74. The van der Waals surface area contributed by atoms with E-state index in [0.717, 1.165) is 22.5 Å². The van der Waals surface area contributed by atoms with Crippen LogP contribution in [0.2, 0.25) is 0 Å². The Morgan fingerprint density at radius 3 is 2.68 bits per heavy atom. The molecule has 0 bridgehead atoms. The summed E-state index contributed by atoms with van der Waals surface area (Å²) in [5, 5.41) is 2.50. The second-order valence-corrected chi connectivity index (χ2v) is 3.95. The predicted molar refractivity (Wildman–Crippen MR) is 74.5 cm³/mol. The van der Waals surface area contributed by atoms with Crippen LogP contribution >= 0.6 is 0 Å². The molecule has 1 amide bonds. The molecule has 0 radical (unpaired) electrons. The number of aliphatic imine (C=N–C) groups is 1. The summed E-state index contributed by atoms with van der Waals surface area (Å²) >= 11 is 0. The Balaban J connectivity index is 2.35. The molecule has 0 fully saturated rings. The molecular weight excluding hydrogens is 240 g/mol. The van der Waals surface area contributed by atoms with Gasteiger partial charge >= 0.3 is 0 Å². The van der Waals surface area contributed by atoms with Crippen molar-refractivity contribution in [2.45, 2.75) is 6.92 Å². The van der Waals surface area contributed by atoms with E-state index in [-0.39, 0.29) is 0 Å². The number of rotatable bonds is 4. The molecule has 0 spiro atoms. The summed E-state index contributed by atoms with van der Waals surface area (Å²) in [6.45, 7) is 1.94. The molecule has 0 aliphatic carbocycles. The Bertz CT molecular complexity index is 605. The van der Waals surface area contributed by atoms with Gasteiger partial charge in [0.15, 0.2) is 0 Å². The Kier molecular flexibility index (Phi) is 3.97.